The van der Waals surface area contributed by atoms with E-state index in [1.807, 2.05) is 30.3 Å². The number of aromatic hydroxyl groups is 1. The SMILES string of the molecule is Nc1nnc(-c2ccccc2O)cc1N1CCC2CC(C1)N(c1ccnc(OC3CC(C=O)C3)c1)C2. The average Bonchev–Trinajstić information content (AvgIpc) is 3.14. The number of carbonyl (C=O) groups is 1. The first-order valence-electron chi connectivity index (χ1n) is 12.6. The predicted octanol–water partition coefficient (Wildman–Crippen LogP) is 3.29. The number of phenolic OH excluding ortho intramolecular Hbond substituents is 1. The molecule has 0 amide bonds. The number of para-hydroxylation sites is 1. The van der Waals surface area contributed by atoms with Crippen molar-refractivity contribution in [1.29, 1.82) is 0 Å². The molecule has 3 aromatic rings. The van der Waals surface area contributed by atoms with Gasteiger partial charge in [-0.25, -0.2) is 4.98 Å². The zero-order chi connectivity index (χ0) is 24.6. The summed E-state index contributed by atoms with van der Waals surface area (Å²) < 4.78 is 6.03. The second-order valence-corrected chi connectivity index (χ2v) is 10.1. The molecule has 0 spiro atoms. The van der Waals surface area contributed by atoms with Crippen LogP contribution in [0.3, 0.4) is 0 Å². The molecule has 3 fully saturated rings. The summed E-state index contributed by atoms with van der Waals surface area (Å²) in [5, 5.41) is 18.8. The molecule has 3 N–H and O–H groups in total. The highest BCUT2D eigenvalue weighted by atomic mass is 16.5. The summed E-state index contributed by atoms with van der Waals surface area (Å²) in [6.07, 6.45) is 6.59. The van der Waals surface area contributed by atoms with E-state index in [1.165, 1.54) is 0 Å². The first-order valence-corrected chi connectivity index (χ1v) is 12.6. The number of nitrogens with two attached hydrogens (primary N) is 1. The van der Waals surface area contributed by atoms with Gasteiger partial charge in [0.2, 0.25) is 5.88 Å². The normalized spacial score (nSPS) is 25.2. The summed E-state index contributed by atoms with van der Waals surface area (Å²) in [6, 6.07) is 13.4. The average molecular weight is 487 g/mol. The van der Waals surface area contributed by atoms with Gasteiger partial charge in [0.15, 0.2) is 5.82 Å². The highest BCUT2D eigenvalue weighted by Crippen LogP contribution is 2.38. The van der Waals surface area contributed by atoms with Crippen molar-refractivity contribution in [2.45, 2.75) is 37.8 Å². The number of pyridine rings is 1. The quantitative estimate of drug-likeness (QED) is 0.506. The van der Waals surface area contributed by atoms with Crippen LogP contribution in [0.1, 0.15) is 25.7 Å². The lowest BCUT2D eigenvalue weighted by Gasteiger charge is -2.35. The highest BCUT2D eigenvalue weighted by molar-refractivity contribution is 5.74. The highest BCUT2D eigenvalue weighted by Gasteiger charge is 2.37. The minimum absolute atomic E-state index is 0.0693. The Morgan fingerprint density at radius 1 is 1.08 bits per heavy atom. The van der Waals surface area contributed by atoms with Crippen LogP contribution < -0.4 is 20.3 Å². The van der Waals surface area contributed by atoms with Gasteiger partial charge in [0.1, 0.15) is 18.1 Å². The number of nitrogen functional groups attached to an aromatic ring is 1. The first-order chi connectivity index (χ1) is 17.6. The van der Waals surface area contributed by atoms with Gasteiger partial charge in [-0.3, -0.25) is 0 Å². The van der Waals surface area contributed by atoms with E-state index in [0.717, 1.165) is 63.0 Å². The Labute approximate surface area is 209 Å². The lowest BCUT2D eigenvalue weighted by atomic mass is 9.83. The van der Waals surface area contributed by atoms with Crippen molar-refractivity contribution in [1.82, 2.24) is 15.2 Å². The monoisotopic (exact) mass is 486 g/mol. The standard InChI is InChI=1S/C27H30N6O3/c28-27-24(13-23(30-31-27)22-3-1-2-4-25(22)35)32-8-6-17-9-20(15-32)33(14-17)19-5-7-29-26(12-19)36-21-10-18(11-21)16-34/h1-5,7,12-13,16-18,20-21,35H,6,8-11,14-15H2,(H2,28,31). The van der Waals surface area contributed by atoms with Crippen LogP contribution in [-0.2, 0) is 4.79 Å². The molecule has 2 atom stereocenters. The van der Waals surface area contributed by atoms with Gasteiger partial charge in [0.25, 0.3) is 0 Å². The Balaban J connectivity index is 1.21. The van der Waals surface area contributed by atoms with Gasteiger partial charge >= 0.3 is 0 Å². The smallest absolute Gasteiger partial charge is 0.215 e. The molecule has 2 bridgehead atoms. The summed E-state index contributed by atoms with van der Waals surface area (Å²) in [5.41, 5.74) is 9.50. The van der Waals surface area contributed by atoms with Gasteiger partial charge in [-0.2, -0.15) is 0 Å². The number of anilines is 3. The van der Waals surface area contributed by atoms with Gasteiger partial charge in [-0.15, -0.1) is 10.2 Å². The van der Waals surface area contributed by atoms with Gasteiger partial charge in [0, 0.05) is 55.1 Å². The number of benzene rings is 1. The molecule has 2 saturated heterocycles. The van der Waals surface area contributed by atoms with E-state index in [9.17, 15) is 9.90 Å². The Morgan fingerprint density at radius 2 is 1.94 bits per heavy atom. The minimum Gasteiger partial charge on any atom is -0.507 e. The van der Waals surface area contributed by atoms with Gasteiger partial charge < -0.3 is 30.2 Å². The second-order valence-electron chi connectivity index (χ2n) is 10.1. The number of fused-ring (bicyclic) bond motifs is 2. The summed E-state index contributed by atoms with van der Waals surface area (Å²) in [6.45, 7) is 2.72. The maximum Gasteiger partial charge on any atom is 0.215 e. The Morgan fingerprint density at radius 3 is 2.78 bits per heavy atom. The summed E-state index contributed by atoms with van der Waals surface area (Å²) in [7, 11) is 0. The van der Waals surface area contributed by atoms with Crippen molar-refractivity contribution in [2.75, 3.05) is 35.2 Å². The molecular formula is C27H30N6O3. The third-order valence-electron chi connectivity index (χ3n) is 7.72. The number of rotatable bonds is 6. The van der Waals surface area contributed by atoms with E-state index in [0.29, 0.717) is 34.9 Å². The largest absolute Gasteiger partial charge is 0.507 e. The molecule has 2 unspecified atom stereocenters. The number of aromatic nitrogens is 3. The Bertz CT molecular complexity index is 1260. The Kier molecular flexibility index (Phi) is 5.83. The fourth-order valence-electron chi connectivity index (χ4n) is 5.71. The van der Waals surface area contributed by atoms with Gasteiger partial charge in [-0.1, -0.05) is 12.1 Å². The van der Waals surface area contributed by atoms with Crippen LogP contribution >= 0.6 is 0 Å². The summed E-state index contributed by atoms with van der Waals surface area (Å²) in [4.78, 5) is 20.1. The molecule has 2 aliphatic heterocycles. The molecular weight excluding hydrogens is 456 g/mol. The molecule has 4 heterocycles. The number of ether oxygens (including phenoxy) is 1. The summed E-state index contributed by atoms with van der Waals surface area (Å²) in [5.74, 6) is 1.89. The number of hydrogen-bond donors (Lipinski definition) is 2. The van der Waals surface area contributed by atoms with E-state index in [4.69, 9.17) is 10.5 Å². The van der Waals surface area contributed by atoms with Crippen LogP contribution in [-0.4, -0.2) is 58.4 Å². The lowest BCUT2D eigenvalue weighted by molar-refractivity contribution is -0.116. The van der Waals surface area contributed by atoms with Crippen LogP contribution in [0.2, 0.25) is 0 Å². The van der Waals surface area contributed by atoms with Crippen molar-refractivity contribution >= 4 is 23.5 Å². The van der Waals surface area contributed by atoms with Gasteiger partial charge in [0.05, 0.1) is 11.4 Å². The minimum atomic E-state index is 0.0693. The van der Waals surface area contributed by atoms with E-state index in [1.54, 1.807) is 18.3 Å². The second kappa shape index (κ2) is 9.29. The molecule has 6 rings (SSSR count). The van der Waals surface area contributed by atoms with Gasteiger partial charge in [-0.05, 0) is 55.9 Å². The molecule has 36 heavy (non-hydrogen) atoms. The first kappa shape index (κ1) is 22.6. The number of aldehydes is 1. The maximum atomic E-state index is 10.9. The molecule has 9 heteroatoms. The summed E-state index contributed by atoms with van der Waals surface area (Å²) >= 11 is 0. The zero-order valence-electron chi connectivity index (χ0n) is 20.0. The molecule has 3 aliphatic rings. The molecule has 2 aromatic heterocycles. The van der Waals surface area contributed by atoms with E-state index in [-0.39, 0.29) is 17.8 Å². The van der Waals surface area contributed by atoms with Crippen molar-refractivity contribution in [3.05, 3.63) is 48.7 Å². The molecule has 0 radical (unpaired) electrons. The van der Waals surface area contributed by atoms with Crippen LogP contribution in [0.15, 0.2) is 48.7 Å². The lowest BCUT2D eigenvalue weighted by Crippen LogP contribution is -2.42. The van der Waals surface area contributed by atoms with Crippen molar-refractivity contribution in [3.8, 4) is 22.9 Å². The van der Waals surface area contributed by atoms with E-state index >= 15 is 0 Å². The molecule has 1 aromatic carbocycles. The topological polar surface area (TPSA) is 118 Å². The fourth-order valence-corrected chi connectivity index (χ4v) is 5.71. The van der Waals surface area contributed by atoms with Crippen LogP contribution in [0.5, 0.6) is 11.6 Å². The number of carbonyl (C=O) groups excluding carboxylic acids is 1. The van der Waals surface area contributed by atoms with E-state index in [2.05, 4.69) is 25.0 Å². The number of nitrogens with zero attached hydrogens (tertiary/aromatic N) is 5. The van der Waals surface area contributed by atoms with Crippen LogP contribution in [0.25, 0.3) is 11.3 Å². The predicted molar refractivity (Wildman–Crippen MR) is 137 cm³/mol. The number of hydrogen-bond acceptors (Lipinski definition) is 9. The third-order valence-corrected chi connectivity index (χ3v) is 7.72. The van der Waals surface area contributed by atoms with E-state index < -0.39 is 0 Å². The maximum absolute atomic E-state index is 10.9. The molecule has 1 saturated carbocycles. The molecule has 1 aliphatic carbocycles. The van der Waals surface area contributed by atoms with Crippen LogP contribution in [0, 0.1) is 11.8 Å². The van der Waals surface area contributed by atoms with Crippen LogP contribution in [0.4, 0.5) is 17.2 Å². The van der Waals surface area contributed by atoms with Crippen molar-refractivity contribution in [3.63, 3.8) is 0 Å². The zero-order valence-corrected chi connectivity index (χ0v) is 20.0. The van der Waals surface area contributed by atoms with Crippen molar-refractivity contribution < 1.29 is 14.6 Å². The Hall–Kier alpha value is -3.88. The van der Waals surface area contributed by atoms with Crippen molar-refractivity contribution in [2.24, 2.45) is 11.8 Å². The molecule has 9 nitrogen and oxygen atoms in total. The molecule has 186 valence electrons. The third kappa shape index (κ3) is 4.29. The fraction of sp³-hybridized carbons (Fsp3) is 0.407. The number of phenols is 1.